The summed E-state index contributed by atoms with van der Waals surface area (Å²) < 4.78 is 3.97. The maximum atomic E-state index is 13.8. The van der Waals surface area contributed by atoms with Crippen molar-refractivity contribution in [2.75, 3.05) is 36.4 Å². The molecule has 2 saturated heterocycles. The minimum Gasteiger partial charge on any atom is -0.341 e. The Labute approximate surface area is 321 Å². The summed E-state index contributed by atoms with van der Waals surface area (Å²) in [6.07, 6.45) is 11.4. The Balaban J connectivity index is 0.995. The van der Waals surface area contributed by atoms with Gasteiger partial charge in [0.25, 0.3) is 0 Å². The first-order valence-corrected chi connectivity index (χ1v) is 20.5. The summed E-state index contributed by atoms with van der Waals surface area (Å²) in [5, 5.41) is 21.4. The molecule has 2 atom stereocenters. The number of thioether (sulfide) groups is 1. The van der Waals surface area contributed by atoms with Gasteiger partial charge in [0.05, 0.1) is 17.4 Å². The zero-order valence-corrected chi connectivity index (χ0v) is 32.6. The van der Waals surface area contributed by atoms with Crippen LogP contribution in [-0.4, -0.2) is 61.5 Å². The lowest BCUT2D eigenvalue weighted by atomic mass is 9.87. The Morgan fingerprint density at radius 1 is 0.887 bits per heavy atom. The molecule has 5 heterocycles. The third kappa shape index (κ3) is 8.07. The number of benzene rings is 2. The largest absolute Gasteiger partial charge is 0.341 e. The van der Waals surface area contributed by atoms with Crippen molar-refractivity contribution in [3.05, 3.63) is 94.3 Å². The summed E-state index contributed by atoms with van der Waals surface area (Å²) in [6, 6.07) is 20.5. The highest BCUT2D eigenvalue weighted by molar-refractivity contribution is 7.99. The number of hydrogen-bond acceptors (Lipinski definition) is 7. The normalized spacial score (nSPS) is 19.7. The van der Waals surface area contributed by atoms with E-state index in [1.165, 1.54) is 49.0 Å². The third-order valence-corrected chi connectivity index (χ3v) is 12.3. The van der Waals surface area contributed by atoms with Crippen LogP contribution in [0.15, 0.2) is 71.8 Å². The lowest BCUT2D eigenvalue weighted by Crippen LogP contribution is -2.35. The van der Waals surface area contributed by atoms with Gasteiger partial charge in [0.1, 0.15) is 5.82 Å². The average molecular weight is 752 g/mol. The maximum absolute atomic E-state index is 13.8. The molecule has 0 saturated carbocycles. The van der Waals surface area contributed by atoms with Crippen molar-refractivity contribution in [1.82, 2.24) is 34.6 Å². The van der Waals surface area contributed by atoms with Gasteiger partial charge in [0.15, 0.2) is 5.65 Å². The molecule has 0 radical (unpaired) electrons. The predicted octanol–water partition coefficient (Wildman–Crippen LogP) is 9.33. The van der Waals surface area contributed by atoms with Gasteiger partial charge in [-0.3, -0.25) is 14.6 Å². The number of urea groups is 1. The van der Waals surface area contributed by atoms with E-state index >= 15 is 0 Å². The molecule has 5 aromatic rings. The summed E-state index contributed by atoms with van der Waals surface area (Å²) >= 11 is 8.58. The van der Waals surface area contributed by atoms with E-state index in [1.54, 1.807) is 0 Å². The maximum Gasteiger partial charge on any atom is 0.320 e. The van der Waals surface area contributed by atoms with Gasteiger partial charge in [-0.05, 0) is 105 Å². The van der Waals surface area contributed by atoms with E-state index in [0.29, 0.717) is 10.8 Å². The zero-order chi connectivity index (χ0) is 36.5. The Kier molecular flexibility index (Phi) is 10.4. The molecule has 0 spiro atoms. The van der Waals surface area contributed by atoms with Crippen molar-refractivity contribution in [3.8, 4) is 5.69 Å². The SMILES string of the molecule is CC(C)(C)c1cc(NC(=O)N[C@H]2CCC(Sc3ccc4nnc(N5CCCCC5)n4c3)c3ccccc32)n(-c2cc(Cl)cc(CN3CCCCC3)c2)n1. The lowest BCUT2D eigenvalue weighted by Gasteiger charge is -2.32. The number of amides is 2. The van der Waals surface area contributed by atoms with Crippen LogP contribution in [0.4, 0.5) is 16.6 Å². The standard InChI is InChI=1S/C41H50ClN9OS/c1-41(2,3)36-25-38(51(47-36)30-23-28(22-29(42)24-30)26-48-18-8-4-9-19-48)44-39(52)43-34-15-16-35(33-13-7-6-12-32(33)34)53-31-14-17-37-45-46-40(50(37)27-31)49-20-10-5-11-21-49/h6-7,12-14,17,22-25,27,34-35H,4-5,8-11,15-16,18-21,26H2,1-3H3,(H2,43,44,52)/t34-,35?/m0/s1. The van der Waals surface area contributed by atoms with Crippen molar-refractivity contribution < 1.29 is 4.79 Å². The number of likely N-dealkylation sites (tertiary alicyclic amines) is 1. The van der Waals surface area contributed by atoms with Crippen molar-refractivity contribution in [3.63, 3.8) is 0 Å². The van der Waals surface area contributed by atoms with Gasteiger partial charge in [0, 0.05) is 52.5 Å². The molecule has 0 bridgehead atoms. The summed E-state index contributed by atoms with van der Waals surface area (Å²) in [4.78, 5) is 19.9. The first-order chi connectivity index (χ1) is 25.7. The van der Waals surface area contributed by atoms with Gasteiger partial charge in [0.2, 0.25) is 5.95 Å². The molecule has 2 amide bonds. The fourth-order valence-corrected chi connectivity index (χ4v) is 9.48. The second kappa shape index (κ2) is 15.4. The first kappa shape index (κ1) is 35.9. The number of anilines is 2. The van der Waals surface area contributed by atoms with Crippen molar-refractivity contribution in [2.24, 2.45) is 0 Å². The van der Waals surface area contributed by atoms with Crippen LogP contribution in [0.3, 0.4) is 0 Å². The number of piperidine rings is 2. The number of fused-ring (bicyclic) bond motifs is 2. The molecule has 1 aliphatic carbocycles. The molecule has 2 aromatic carbocycles. The zero-order valence-electron chi connectivity index (χ0n) is 31.0. The molecule has 2 N–H and O–H groups in total. The minimum atomic E-state index is -0.253. The van der Waals surface area contributed by atoms with Crippen LogP contribution in [-0.2, 0) is 12.0 Å². The molecule has 1 unspecified atom stereocenters. The van der Waals surface area contributed by atoms with E-state index in [2.05, 4.69) is 104 Å². The van der Waals surface area contributed by atoms with Crippen molar-refractivity contribution in [1.29, 1.82) is 0 Å². The molecule has 8 rings (SSSR count). The van der Waals surface area contributed by atoms with E-state index in [-0.39, 0.29) is 22.7 Å². The second-order valence-corrected chi connectivity index (χ2v) is 17.5. The molecule has 278 valence electrons. The summed E-state index contributed by atoms with van der Waals surface area (Å²) in [6.45, 7) is 11.5. The molecule has 3 aliphatic rings. The van der Waals surface area contributed by atoms with Crippen LogP contribution in [0.5, 0.6) is 0 Å². The number of nitrogens with zero attached hydrogens (tertiary/aromatic N) is 7. The minimum absolute atomic E-state index is 0.116. The molecule has 3 aromatic heterocycles. The summed E-state index contributed by atoms with van der Waals surface area (Å²) in [7, 11) is 0. The lowest BCUT2D eigenvalue weighted by molar-refractivity contribution is 0.221. The highest BCUT2D eigenvalue weighted by Gasteiger charge is 2.30. The first-order valence-electron chi connectivity index (χ1n) is 19.2. The number of hydrogen-bond donors (Lipinski definition) is 2. The number of carbonyl (C=O) groups is 1. The third-order valence-electron chi connectivity index (χ3n) is 10.8. The van der Waals surface area contributed by atoms with E-state index in [9.17, 15) is 4.79 Å². The smallest absolute Gasteiger partial charge is 0.320 e. The van der Waals surface area contributed by atoms with E-state index < -0.39 is 0 Å². The molecular weight excluding hydrogens is 702 g/mol. The van der Waals surface area contributed by atoms with Gasteiger partial charge in [-0.2, -0.15) is 5.10 Å². The average Bonchev–Trinajstić information content (AvgIpc) is 3.78. The Hall–Kier alpha value is -4.06. The van der Waals surface area contributed by atoms with Crippen molar-refractivity contribution in [2.45, 2.75) is 100 Å². The number of carbonyl (C=O) groups excluding carboxylic acids is 1. The molecule has 12 heteroatoms. The van der Waals surface area contributed by atoms with E-state index in [1.807, 2.05) is 34.6 Å². The van der Waals surface area contributed by atoms with Crippen LogP contribution >= 0.6 is 23.4 Å². The molecule has 53 heavy (non-hydrogen) atoms. The van der Waals surface area contributed by atoms with Gasteiger partial charge in [-0.25, -0.2) is 9.48 Å². The van der Waals surface area contributed by atoms with E-state index in [4.69, 9.17) is 16.7 Å². The Morgan fingerprint density at radius 3 is 2.42 bits per heavy atom. The topological polar surface area (TPSA) is 95.6 Å². The summed E-state index contributed by atoms with van der Waals surface area (Å²) in [5.74, 6) is 1.55. The number of halogens is 1. The fraction of sp³-hybridized carbons (Fsp3) is 0.463. The van der Waals surface area contributed by atoms with Crippen LogP contribution in [0.1, 0.15) is 106 Å². The molecule has 2 aliphatic heterocycles. The quantitative estimate of drug-likeness (QED) is 0.163. The van der Waals surface area contributed by atoms with Crippen LogP contribution in [0.25, 0.3) is 11.3 Å². The van der Waals surface area contributed by atoms with Gasteiger partial charge in [-0.1, -0.05) is 63.1 Å². The number of rotatable bonds is 8. The van der Waals surface area contributed by atoms with Gasteiger partial charge >= 0.3 is 6.03 Å². The number of pyridine rings is 1. The number of aromatic nitrogens is 5. The van der Waals surface area contributed by atoms with Crippen LogP contribution in [0.2, 0.25) is 5.02 Å². The monoisotopic (exact) mass is 751 g/mol. The van der Waals surface area contributed by atoms with Gasteiger partial charge < -0.3 is 10.2 Å². The summed E-state index contributed by atoms with van der Waals surface area (Å²) in [5.41, 5.74) is 5.95. The van der Waals surface area contributed by atoms with Crippen LogP contribution in [0, 0.1) is 0 Å². The van der Waals surface area contributed by atoms with Crippen LogP contribution < -0.4 is 15.5 Å². The van der Waals surface area contributed by atoms with Crippen molar-refractivity contribution >= 4 is 46.8 Å². The molecular formula is C41H50ClN9OS. The highest BCUT2D eigenvalue weighted by atomic mass is 35.5. The predicted molar refractivity (Wildman–Crippen MR) is 215 cm³/mol. The Bertz CT molecular complexity index is 2080. The molecule has 2 fully saturated rings. The Morgan fingerprint density at radius 2 is 1.64 bits per heavy atom. The second-order valence-electron chi connectivity index (χ2n) is 15.8. The fourth-order valence-electron chi connectivity index (χ4n) is 7.99. The van der Waals surface area contributed by atoms with Gasteiger partial charge in [-0.15, -0.1) is 22.0 Å². The number of nitrogens with one attached hydrogen (secondary N) is 2. The highest BCUT2D eigenvalue weighted by Crippen LogP contribution is 2.46. The van der Waals surface area contributed by atoms with E-state index in [0.717, 1.165) is 79.7 Å². The molecule has 10 nitrogen and oxygen atoms in total.